The number of carbonyl (C=O) groups excluding carboxylic acids is 2. The van der Waals surface area contributed by atoms with Crippen molar-refractivity contribution in [2.75, 3.05) is 13.2 Å². The molecule has 0 radical (unpaired) electrons. The highest BCUT2D eigenvalue weighted by atomic mass is 16.6. The van der Waals surface area contributed by atoms with E-state index in [0.717, 1.165) is 19.3 Å². The van der Waals surface area contributed by atoms with Crippen LogP contribution in [0.25, 0.3) is 0 Å². The maximum atomic E-state index is 11.4. The molecule has 1 saturated heterocycles. The summed E-state index contributed by atoms with van der Waals surface area (Å²) in [4.78, 5) is 22.7. The van der Waals surface area contributed by atoms with Gasteiger partial charge in [-0.2, -0.15) is 0 Å². The molecule has 17 heavy (non-hydrogen) atoms. The molecule has 0 bridgehead atoms. The Hall–Kier alpha value is -1.10. The molecular formula is C12H20O5. The summed E-state index contributed by atoms with van der Waals surface area (Å²) in [6, 6.07) is 0. The maximum absolute atomic E-state index is 11.4. The van der Waals surface area contributed by atoms with E-state index in [4.69, 9.17) is 14.2 Å². The lowest BCUT2D eigenvalue weighted by Gasteiger charge is -2.12. The van der Waals surface area contributed by atoms with Crippen molar-refractivity contribution in [3.05, 3.63) is 0 Å². The van der Waals surface area contributed by atoms with Crippen molar-refractivity contribution < 1.29 is 23.8 Å². The predicted molar refractivity (Wildman–Crippen MR) is 60.4 cm³/mol. The van der Waals surface area contributed by atoms with Crippen LogP contribution in [0.15, 0.2) is 0 Å². The first-order chi connectivity index (χ1) is 8.13. The number of epoxide rings is 1. The highest BCUT2D eigenvalue weighted by molar-refractivity contribution is 5.79. The van der Waals surface area contributed by atoms with Gasteiger partial charge in [-0.1, -0.05) is 19.8 Å². The van der Waals surface area contributed by atoms with Gasteiger partial charge in [0.2, 0.25) is 0 Å². The molecule has 1 heterocycles. The van der Waals surface area contributed by atoms with Crippen molar-refractivity contribution in [3.63, 3.8) is 0 Å². The smallest absolute Gasteiger partial charge is 0.347 e. The quantitative estimate of drug-likeness (QED) is 0.367. The molecule has 0 amide bonds. The van der Waals surface area contributed by atoms with Crippen molar-refractivity contribution in [1.29, 1.82) is 0 Å². The molecule has 0 aliphatic carbocycles. The van der Waals surface area contributed by atoms with Gasteiger partial charge in [0.1, 0.15) is 12.7 Å². The highest BCUT2D eigenvalue weighted by Crippen LogP contribution is 2.10. The van der Waals surface area contributed by atoms with E-state index >= 15 is 0 Å². The van der Waals surface area contributed by atoms with Crippen LogP contribution < -0.4 is 0 Å². The largest absolute Gasteiger partial charge is 0.460 e. The highest BCUT2D eigenvalue weighted by Gasteiger charge is 2.26. The fourth-order valence-corrected chi connectivity index (χ4v) is 1.28. The summed E-state index contributed by atoms with van der Waals surface area (Å²) in [5, 5.41) is 0. The molecule has 0 aromatic carbocycles. The second-order valence-electron chi connectivity index (χ2n) is 4.17. The second kappa shape index (κ2) is 7.27. The monoisotopic (exact) mass is 244 g/mol. The minimum Gasteiger partial charge on any atom is -0.460 e. The molecule has 1 aliphatic heterocycles. The third-order valence-electron chi connectivity index (χ3n) is 2.44. The number of ether oxygens (including phenoxy) is 3. The number of hydrogen-bond acceptors (Lipinski definition) is 5. The van der Waals surface area contributed by atoms with Gasteiger partial charge in [0.25, 0.3) is 0 Å². The first kappa shape index (κ1) is 14.0. The Bertz CT molecular complexity index is 260. The average Bonchev–Trinajstić information content (AvgIpc) is 3.10. The first-order valence-electron chi connectivity index (χ1n) is 6.11. The van der Waals surface area contributed by atoms with Gasteiger partial charge in [0, 0.05) is 6.42 Å². The topological polar surface area (TPSA) is 65.1 Å². The molecule has 98 valence electrons. The zero-order valence-electron chi connectivity index (χ0n) is 10.4. The molecule has 1 aliphatic rings. The van der Waals surface area contributed by atoms with Gasteiger partial charge >= 0.3 is 11.9 Å². The molecule has 2 unspecified atom stereocenters. The lowest BCUT2D eigenvalue weighted by Crippen LogP contribution is -2.27. The van der Waals surface area contributed by atoms with Crippen LogP contribution in [0.5, 0.6) is 0 Å². The standard InChI is InChI=1S/C12H20O5/c1-3-4-5-6-11(13)17-9(2)12(14)16-8-10-7-15-10/h9-10H,3-8H2,1-2H3. The van der Waals surface area contributed by atoms with Gasteiger partial charge < -0.3 is 14.2 Å². The molecule has 0 saturated carbocycles. The van der Waals surface area contributed by atoms with E-state index in [0.29, 0.717) is 13.0 Å². The van der Waals surface area contributed by atoms with Gasteiger partial charge in [0.05, 0.1) is 6.61 Å². The Morgan fingerprint density at radius 3 is 2.71 bits per heavy atom. The number of esters is 2. The fraction of sp³-hybridized carbons (Fsp3) is 0.833. The Morgan fingerprint density at radius 1 is 1.41 bits per heavy atom. The summed E-state index contributed by atoms with van der Waals surface area (Å²) < 4.78 is 14.8. The third-order valence-corrected chi connectivity index (χ3v) is 2.44. The van der Waals surface area contributed by atoms with Crippen molar-refractivity contribution in [3.8, 4) is 0 Å². The Labute approximate surface area is 101 Å². The number of rotatable bonds is 8. The van der Waals surface area contributed by atoms with Crippen molar-refractivity contribution >= 4 is 11.9 Å². The molecule has 0 aromatic heterocycles. The molecule has 2 atom stereocenters. The summed E-state index contributed by atoms with van der Waals surface area (Å²) in [6.07, 6.45) is 2.40. The van der Waals surface area contributed by atoms with Crippen LogP contribution in [0.1, 0.15) is 39.5 Å². The van der Waals surface area contributed by atoms with E-state index < -0.39 is 12.1 Å². The number of hydrogen-bond donors (Lipinski definition) is 0. The first-order valence-corrected chi connectivity index (χ1v) is 6.11. The maximum Gasteiger partial charge on any atom is 0.347 e. The van der Waals surface area contributed by atoms with Crippen LogP contribution in [0.2, 0.25) is 0 Å². The van der Waals surface area contributed by atoms with Gasteiger partial charge in [0.15, 0.2) is 6.10 Å². The summed E-state index contributed by atoms with van der Waals surface area (Å²) in [5.74, 6) is -0.852. The molecule has 0 N–H and O–H groups in total. The molecule has 5 nitrogen and oxygen atoms in total. The van der Waals surface area contributed by atoms with E-state index in [1.807, 2.05) is 0 Å². The summed E-state index contributed by atoms with van der Waals surface area (Å²) in [7, 11) is 0. The van der Waals surface area contributed by atoms with E-state index in [9.17, 15) is 9.59 Å². The van der Waals surface area contributed by atoms with Gasteiger partial charge in [-0.05, 0) is 13.3 Å². The van der Waals surface area contributed by atoms with Crippen molar-refractivity contribution in [2.45, 2.75) is 51.7 Å². The summed E-state index contributed by atoms with van der Waals surface area (Å²) >= 11 is 0. The molecule has 1 rings (SSSR count). The molecule has 0 aromatic rings. The van der Waals surface area contributed by atoms with E-state index in [1.165, 1.54) is 6.92 Å². The van der Waals surface area contributed by atoms with Crippen LogP contribution in [0, 0.1) is 0 Å². The molecule has 0 spiro atoms. The van der Waals surface area contributed by atoms with Crippen LogP contribution >= 0.6 is 0 Å². The molecular weight excluding hydrogens is 224 g/mol. The van der Waals surface area contributed by atoms with Crippen LogP contribution in [-0.2, 0) is 23.8 Å². The average molecular weight is 244 g/mol. The predicted octanol–water partition coefficient (Wildman–Crippen LogP) is 1.44. The van der Waals surface area contributed by atoms with E-state index in [1.54, 1.807) is 0 Å². The van der Waals surface area contributed by atoms with Crippen LogP contribution in [-0.4, -0.2) is 37.4 Å². The molecule has 5 heteroatoms. The third kappa shape index (κ3) is 6.26. The van der Waals surface area contributed by atoms with Gasteiger partial charge in [-0.25, -0.2) is 4.79 Å². The lowest BCUT2D eigenvalue weighted by atomic mass is 10.2. The number of unbranched alkanes of at least 4 members (excludes halogenated alkanes) is 2. The minimum atomic E-state index is -0.831. The summed E-state index contributed by atoms with van der Waals surface area (Å²) in [5.41, 5.74) is 0. The van der Waals surface area contributed by atoms with Crippen molar-refractivity contribution in [2.24, 2.45) is 0 Å². The van der Waals surface area contributed by atoms with Crippen molar-refractivity contribution in [1.82, 2.24) is 0 Å². The Morgan fingerprint density at radius 2 is 2.12 bits per heavy atom. The fourth-order valence-electron chi connectivity index (χ4n) is 1.28. The molecule has 1 fully saturated rings. The summed E-state index contributed by atoms with van der Waals surface area (Å²) in [6.45, 7) is 4.47. The van der Waals surface area contributed by atoms with Crippen LogP contribution in [0.4, 0.5) is 0 Å². The van der Waals surface area contributed by atoms with Gasteiger partial charge in [-0.3, -0.25) is 4.79 Å². The number of carbonyl (C=O) groups is 2. The Kier molecular flexibility index (Phi) is 5.97. The van der Waals surface area contributed by atoms with Crippen LogP contribution in [0.3, 0.4) is 0 Å². The minimum absolute atomic E-state index is 0.0337. The van der Waals surface area contributed by atoms with Gasteiger partial charge in [-0.15, -0.1) is 0 Å². The zero-order chi connectivity index (χ0) is 12.7. The Balaban J connectivity index is 2.10. The normalized spacial score (nSPS) is 19.5. The van der Waals surface area contributed by atoms with E-state index in [-0.39, 0.29) is 18.7 Å². The lowest BCUT2D eigenvalue weighted by molar-refractivity contribution is -0.166. The zero-order valence-corrected chi connectivity index (χ0v) is 10.4. The second-order valence-corrected chi connectivity index (χ2v) is 4.17. The SMILES string of the molecule is CCCCCC(=O)OC(C)C(=O)OCC1CO1. The van der Waals surface area contributed by atoms with E-state index in [2.05, 4.69) is 6.92 Å².